The van der Waals surface area contributed by atoms with Gasteiger partial charge in [-0.25, -0.2) is 4.98 Å². The quantitative estimate of drug-likeness (QED) is 0.858. The van der Waals surface area contributed by atoms with Gasteiger partial charge < -0.3 is 9.30 Å². The number of imidazole rings is 1. The Kier molecular flexibility index (Phi) is 3.63. The molecule has 6 heteroatoms. The van der Waals surface area contributed by atoms with Crippen LogP contribution in [0.5, 0.6) is 0 Å². The van der Waals surface area contributed by atoms with Crippen LogP contribution < -0.4 is 0 Å². The van der Waals surface area contributed by atoms with Crippen molar-refractivity contribution in [1.29, 1.82) is 0 Å². The van der Waals surface area contributed by atoms with Gasteiger partial charge in [-0.15, -0.1) is 11.3 Å². The number of thiazole rings is 1. The van der Waals surface area contributed by atoms with Crippen molar-refractivity contribution in [2.24, 2.45) is 7.05 Å². The van der Waals surface area contributed by atoms with Crippen molar-refractivity contribution in [2.75, 3.05) is 19.7 Å². The van der Waals surface area contributed by atoms with Crippen LogP contribution in [0.4, 0.5) is 0 Å². The maximum atomic E-state index is 5.87. The van der Waals surface area contributed by atoms with Crippen LogP contribution in [-0.2, 0) is 18.3 Å². The Morgan fingerprint density at radius 3 is 3.11 bits per heavy atom. The number of aryl methyl sites for hydroxylation is 2. The zero-order valence-electron chi connectivity index (χ0n) is 11.2. The first-order valence-electron chi connectivity index (χ1n) is 6.43. The molecule has 3 rings (SSSR count). The Bertz CT molecular complexity index is 537. The van der Waals surface area contributed by atoms with Gasteiger partial charge >= 0.3 is 0 Å². The Balaban J connectivity index is 1.69. The van der Waals surface area contributed by atoms with Crippen LogP contribution in [0.1, 0.15) is 22.5 Å². The van der Waals surface area contributed by atoms with E-state index in [0.29, 0.717) is 0 Å². The van der Waals surface area contributed by atoms with E-state index in [1.54, 1.807) is 11.3 Å². The summed E-state index contributed by atoms with van der Waals surface area (Å²) in [7, 11) is 2.03. The number of morpholine rings is 1. The van der Waals surface area contributed by atoms with E-state index in [-0.39, 0.29) is 6.10 Å². The molecule has 102 valence electrons. The van der Waals surface area contributed by atoms with Gasteiger partial charge in [0.05, 0.1) is 17.8 Å². The summed E-state index contributed by atoms with van der Waals surface area (Å²) in [5.41, 5.74) is 2.93. The van der Waals surface area contributed by atoms with Gasteiger partial charge in [-0.3, -0.25) is 9.88 Å². The van der Waals surface area contributed by atoms with Crippen molar-refractivity contribution in [2.45, 2.75) is 19.6 Å². The third-order valence-corrected chi connectivity index (χ3v) is 4.10. The van der Waals surface area contributed by atoms with Crippen LogP contribution in [0.25, 0.3) is 0 Å². The summed E-state index contributed by atoms with van der Waals surface area (Å²) in [6, 6.07) is 0. The zero-order valence-corrected chi connectivity index (χ0v) is 12.1. The van der Waals surface area contributed by atoms with Crippen LogP contribution in [0.3, 0.4) is 0 Å². The van der Waals surface area contributed by atoms with E-state index in [9.17, 15) is 0 Å². The minimum atomic E-state index is 0.0698. The van der Waals surface area contributed by atoms with Gasteiger partial charge in [0.25, 0.3) is 0 Å². The highest BCUT2D eigenvalue weighted by molar-refractivity contribution is 7.09. The topological polar surface area (TPSA) is 43.2 Å². The SMILES string of the molecule is Cc1cn(C)c([C@@H]2CN(Cc3cncs3)CCO2)n1. The number of rotatable bonds is 3. The van der Waals surface area contributed by atoms with Gasteiger partial charge in [0.15, 0.2) is 0 Å². The van der Waals surface area contributed by atoms with Crippen molar-refractivity contribution in [3.05, 3.63) is 34.3 Å². The lowest BCUT2D eigenvalue weighted by Gasteiger charge is -2.32. The summed E-state index contributed by atoms with van der Waals surface area (Å²) in [5.74, 6) is 1.02. The highest BCUT2D eigenvalue weighted by Gasteiger charge is 2.25. The first-order chi connectivity index (χ1) is 9.22. The molecule has 0 amide bonds. The number of ether oxygens (including phenoxy) is 1. The normalized spacial score (nSPS) is 20.8. The van der Waals surface area contributed by atoms with Crippen molar-refractivity contribution in [3.8, 4) is 0 Å². The second kappa shape index (κ2) is 5.40. The van der Waals surface area contributed by atoms with E-state index in [4.69, 9.17) is 4.74 Å². The summed E-state index contributed by atoms with van der Waals surface area (Å²) in [4.78, 5) is 12.4. The van der Waals surface area contributed by atoms with Crippen molar-refractivity contribution >= 4 is 11.3 Å². The molecule has 2 aromatic heterocycles. The number of hydrogen-bond donors (Lipinski definition) is 0. The van der Waals surface area contributed by atoms with Crippen molar-refractivity contribution in [3.63, 3.8) is 0 Å². The molecule has 0 aromatic carbocycles. The number of aromatic nitrogens is 3. The third kappa shape index (κ3) is 2.86. The highest BCUT2D eigenvalue weighted by atomic mass is 32.1. The monoisotopic (exact) mass is 278 g/mol. The molecule has 19 heavy (non-hydrogen) atoms. The van der Waals surface area contributed by atoms with Crippen LogP contribution >= 0.6 is 11.3 Å². The molecule has 3 heterocycles. The fourth-order valence-electron chi connectivity index (χ4n) is 2.48. The lowest BCUT2D eigenvalue weighted by Crippen LogP contribution is -2.38. The molecule has 0 spiro atoms. The minimum Gasteiger partial charge on any atom is -0.368 e. The fourth-order valence-corrected chi connectivity index (χ4v) is 3.11. The van der Waals surface area contributed by atoms with Crippen LogP contribution in [0.15, 0.2) is 17.9 Å². The molecular formula is C13H18N4OS. The summed E-state index contributed by atoms with van der Waals surface area (Å²) >= 11 is 1.71. The molecule has 0 unspecified atom stereocenters. The molecule has 0 aliphatic carbocycles. The lowest BCUT2D eigenvalue weighted by atomic mass is 10.2. The van der Waals surface area contributed by atoms with Crippen LogP contribution in [-0.4, -0.2) is 39.1 Å². The Morgan fingerprint density at radius 1 is 1.53 bits per heavy atom. The molecule has 5 nitrogen and oxygen atoms in total. The van der Waals surface area contributed by atoms with E-state index in [1.165, 1.54) is 4.88 Å². The van der Waals surface area contributed by atoms with Gasteiger partial charge in [0.1, 0.15) is 11.9 Å². The lowest BCUT2D eigenvalue weighted by molar-refractivity contribution is -0.0381. The minimum absolute atomic E-state index is 0.0698. The standard InChI is InChI=1S/C13H18N4OS/c1-10-6-16(2)13(15-10)12-8-17(3-4-18-12)7-11-5-14-9-19-11/h5-6,9,12H,3-4,7-8H2,1-2H3/t12-/m0/s1. The summed E-state index contributed by atoms with van der Waals surface area (Å²) in [6.07, 6.45) is 4.06. The summed E-state index contributed by atoms with van der Waals surface area (Å²) in [6.45, 7) is 5.59. The van der Waals surface area contributed by atoms with Crippen molar-refractivity contribution in [1.82, 2.24) is 19.4 Å². The molecule has 0 saturated carbocycles. The van der Waals surface area contributed by atoms with Gasteiger partial charge in [-0.1, -0.05) is 0 Å². The van der Waals surface area contributed by atoms with Crippen LogP contribution in [0, 0.1) is 6.92 Å². The molecule has 0 bridgehead atoms. The predicted octanol–water partition coefficient (Wildman–Crippen LogP) is 1.76. The molecule has 1 saturated heterocycles. The molecule has 2 aromatic rings. The van der Waals surface area contributed by atoms with Crippen LogP contribution in [0.2, 0.25) is 0 Å². The van der Waals surface area contributed by atoms with E-state index in [2.05, 4.69) is 19.4 Å². The average Bonchev–Trinajstić information content (AvgIpc) is 2.99. The second-order valence-electron chi connectivity index (χ2n) is 4.91. The van der Waals surface area contributed by atoms with E-state index in [0.717, 1.165) is 37.8 Å². The predicted molar refractivity (Wildman–Crippen MR) is 74.0 cm³/mol. The number of nitrogens with zero attached hydrogens (tertiary/aromatic N) is 4. The third-order valence-electron chi connectivity index (χ3n) is 3.33. The van der Waals surface area contributed by atoms with Crippen molar-refractivity contribution < 1.29 is 4.74 Å². The average molecular weight is 278 g/mol. The number of hydrogen-bond acceptors (Lipinski definition) is 5. The Labute approximate surface area is 116 Å². The van der Waals surface area contributed by atoms with E-state index in [1.807, 2.05) is 31.9 Å². The maximum Gasteiger partial charge on any atom is 0.139 e. The molecule has 1 aliphatic rings. The first-order valence-corrected chi connectivity index (χ1v) is 7.31. The van der Waals surface area contributed by atoms with Gasteiger partial charge in [-0.05, 0) is 6.92 Å². The van der Waals surface area contributed by atoms with E-state index >= 15 is 0 Å². The Hall–Kier alpha value is -1.24. The molecule has 0 radical (unpaired) electrons. The maximum absolute atomic E-state index is 5.87. The molecule has 0 N–H and O–H groups in total. The molecule has 1 fully saturated rings. The largest absolute Gasteiger partial charge is 0.368 e. The van der Waals surface area contributed by atoms with Gasteiger partial charge in [0, 0.05) is 44.0 Å². The molecular weight excluding hydrogens is 260 g/mol. The smallest absolute Gasteiger partial charge is 0.139 e. The second-order valence-corrected chi connectivity index (χ2v) is 5.88. The summed E-state index contributed by atoms with van der Waals surface area (Å²) in [5, 5.41) is 0. The first kappa shape index (κ1) is 12.8. The van der Waals surface area contributed by atoms with Gasteiger partial charge in [0.2, 0.25) is 0 Å². The Morgan fingerprint density at radius 2 is 2.42 bits per heavy atom. The zero-order chi connectivity index (χ0) is 13.2. The van der Waals surface area contributed by atoms with E-state index < -0.39 is 0 Å². The molecule has 1 aliphatic heterocycles. The fraction of sp³-hybridized carbons (Fsp3) is 0.538. The molecule has 1 atom stereocenters. The highest BCUT2D eigenvalue weighted by Crippen LogP contribution is 2.23. The summed E-state index contributed by atoms with van der Waals surface area (Å²) < 4.78 is 7.94. The van der Waals surface area contributed by atoms with Gasteiger partial charge in [-0.2, -0.15) is 0 Å².